The van der Waals surface area contributed by atoms with Gasteiger partial charge in [0.1, 0.15) is 10.3 Å². The van der Waals surface area contributed by atoms with E-state index in [0.29, 0.717) is 0 Å². The molecule has 0 aliphatic carbocycles. The Morgan fingerprint density at radius 3 is 2.29 bits per heavy atom. The van der Waals surface area contributed by atoms with Crippen LogP contribution in [-0.4, -0.2) is 35.2 Å². The summed E-state index contributed by atoms with van der Waals surface area (Å²) >= 11 is 0. The predicted octanol–water partition coefficient (Wildman–Crippen LogP) is -0.0459. The lowest BCUT2D eigenvalue weighted by atomic mass is 10.3. The molecule has 0 saturated carbocycles. The van der Waals surface area contributed by atoms with E-state index in [1.54, 1.807) is 6.92 Å². The summed E-state index contributed by atoms with van der Waals surface area (Å²) in [5, 5.41) is 1.42. The molecule has 1 rings (SSSR count). The molecule has 120 valence electrons. The monoisotopic (exact) mass is 359 g/mol. The first-order valence-electron chi connectivity index (χ1n) is 5.49. The summed E-state index contributed by atoms with van der Waals surface area (Å²) in [6.07, 6.45) is 0.159. The zero-order valence-electron chi connectivity index (χ0n) is 10.7. The largest absolute Gasteiger partial charge is 0.412 e. The fourth-order valence-corrected chi connectivity index (χ4v) is 3.82. The summed E-state index contributed by atoms with van der Waals surface area (Å²) in [7, 11) is -12.9. The Balaban J connectivity index is 3.27. The molecule has 0 spiro atoms. The number of hydrogen-bond acceptors (Lipinski definition) is 8. The SMILES string of the molecule is CCC(Nc1ccccc1S(=O)(=O)OS(=O)(=O)O)[SH](=O)=O. The van der Waals surface area contributed by atoms with Crippen LogP contribution in [-0.2, 0) is 34.9 Å². The quantitative estimate of drug-likeness (QED) is 0.451. The highest BCUT2D eigenvalue weighted by Crippen LogP contribution is 2.24. The second kappa shape index (κ2) is 6.70. The van der Waals surface area contributed by atoms with Crippen LogP contribution in [0.2, 0.25) is 0 Å². The van der Waals surface area contributed by atoms with E-state index in [4.69, 9.17) is 4.55 Å². The Morgan fingerprint density at radius 2 is 1.81 bits per heavy atom. The van der Waals surface area contributed by atoms with E-state index in [2.05, 4.69) is 8.95 Å². The van der Waals surface area contributed by atoms with Crippen molar-refractivity contribution in [1.29, 1.82) is 0 Å². The third-order valence-corrected chi connectivity index (χ3v) is 5.60. The molecule has 0 radical (unpaired) electrons. The van der Waals surface area contributed by atoms with Gasteiger partial charge in [-0.3, -0.25) is 4.55 Å². The predicted molar refractivity (Wildman–Crippen MR) is 74.3 cm³/mol. The minimum absolute atomic E-state index is 0.159. The van der Waals surface area contributed by atoms with Crippen LogP contribution in [0.25, 0.3) is 0 Å². The van der Waals surface area contributed by atoms with Crippen molar-refractivity contribution in [2.45, 2.75) is 23.6 Å². The van der Waals surface area contributed by atoms with Crippen molar-refractivity contribution in [3.05, 3.63) is 24.3 Å². The Kier molecular flexibility index (Phi) is 5.69. The minimum Gasteiger partial charge on any atom is -0.368 e. The molecule has 0 aliphatic heterocycles. The standard InChI is InChI=1S/C9H13NO8S3/c1-2-9(19(11)12)10-7-5-3-4-6-8(7)20(13,14)18-21(15,16)17/h3-6,9-10,19H,2H2,1H3,(H,15,16,17). The van der Waals surface area contributed by atoms with Crippen molar-refractivity contribution in [3.63, 3.8) is 0 Å². The van der Waals surface area contributed by atoms with Crippen molar-refractivity contribution in [2.75, 3.05) is 5.32 Å². The summed E-state index contributed by atoms with van der Waals surface area (Å²) in [6.45, 7) is 1.56. The molecule has 12 heteroatoms. The molecule has 21 heavy (non-hydrogen) atoms. The van der Waals surface area contributed by atoms with Gasteiger partial charge in [0.05, 0.1) is 5.69 Å². The molecule has 1 aromatic rings. The highest BCUT2D eigenvalue weighted by molar-refractivity contribution is 7.97. The van der Waals surface area contributed by atoms with Crippen molar-refractivity contribution in [1.82, 2.24) is 0 Å². The molecule has 1 atom stereocenters. The van der Waals surface area contributed by atoms with Crippen LogP contribution in [0.1, 0.15) is 13.3 Å². The van der Waals surface area contributed by atoms with E-state index in [0.717, 1.165) is 6.07 Å². The lowest BCUT2D eigenvalue weighted by molar-refractivity contribution is 0.383. The summed E-state index contributed by atoms with van der Waals surface area (Å²) in [5.41, 5.74) is -0.160. The van der Waals surface area contributed by atoms with E-state index in [1.807, 2.05) is 0 Å². The number of thiol groups is 1. The Labute approximate surface area is 124 Å². The smallest absolute Gasteiger partial charge is 0.368 e. The number of anilines is 1. The van der Waals surface area contributed by atoms with Crippen LogP contribution < -0.4 is 5.32 Å². The lowest BCUT2D eigenvalue weighted by Gasteiger charge is -2.15. The van der Waals surface area contributed by atoms with E-state index >= 15 is 0 Å². The van der Waals surface area contributed by atoms with Gasteiger partial charge < -0.3 is 5.32 Å². The van der Waals surface area contributed by atoms with E-state index in [-0.39, 0.29) is 12.1 Å². The zero-order chi connectivity index (χ0) is 16.3. The maximum absolute atomic E-state index is 11.8. The number of benzene rings is 1. The first-order chi connectivity index (χ1) is 9.57. The van der Waals surface area contributed by atoms with Gasteiger partial charge >= 0.3 is 20.5 Å². The topological polar surface area (TPSA) is 144 Å². The third kappa shape index (κ3) is 5.24. The van der Waals surface area contributed by atoms with Gasteiger partial charge in [-0.2, -0.15) is 16.8 Å². The molecule has 2 N–H and O–H groups in total. The normalized spacial score (nSPS) is 14.0. The maximum atomic E-state index is 11.8. The minimum atomic E-state index is -5.23. The van der Waals surface area contributed by atoms with Crippen molar-refractivity contribution >= 4 is 36.9 Å². The fourth-order valence-electron chi connectivity index (χ4n) is 1.44. The molecule has 0 aliphatic rings. The van der Waals surface area contributed by atoms with Gasteiger partial charge in [0, 0.05) is 0 Å². The lowest BCUT2D eigenvalue weighted by Crippen LogP contribution is -2.22. The summed E-state index contributed by atoms with van der Waals surface area (Å²) in [4.78, 5) is -0.613. The van der Waals surface area contributed by atoms with Crippen molar-refractivity contribution in [3.8, 4) is 0 Å². The maximum Gasteiger partial charge on any atom is 0.412 e. The number of rotatable bonds is 7. The van der Waals surface area contributed by atoms with Crippen LogP contribution >= 0.6 is 0 Å². The van der Waals surface area contributed by atoms with Gasteiger partial charge in [-0.1, -0.05) is 19.1 Å². The number of nitrogens with one attached hydrogen (secondary N) is 1. The highest BCUT2D eigenvalue weighted by atomic mass is 32.3. The average Bonchev–Trinajstić information content (AvgIpc) is 2.33. The van der Waals surface area contributed by atoms with Crippen LogP contribution in [0.5, 0.6) is 0 Å². The third-order valence-electron chi connectivity index (χ3n) is 2.30. The summed E-state index contributed by atoms with van der Waals surface area (Å²) in [5.74, 6) is 0. The Hall–Kier alpha value is -1.21. The fraction of sp³-hybridized carbons (Fsp3) is 0.333. The molecular formula is C9H13NO8S3. The van der Waals surface area contributed by atoms with Gasteiger partial charge in [-0.15, -0.1) is 3.63 Å². The molecule has 1 aromatic carbocycles. The van der Waals surface area contributed by atoms with E-state index in [9.17, 15) is 25.3 Å². The van der Waals surface area contributed by atoms with Gasteiger partial charge in [0.15, 0.2) is 10.7 Å². The molecule has 0 amide bonds. The van der Waals surface area contributed by atoms with Gasteiger partial charge in [0.2, 0.25) is 0 Å². The second-order valence-electron chi connectivity index (χ2n) is 3.80. The van der Waals surface area contributed by atoms with Crippen molar-refractivity contribution in [2.24, 2.45) is 0 Å². The first-order valence-corrected chi connectivity index (χ1v) is 9.51. The molecule has 0 saturated heterocycles. The van der Waals surface area contributed by atoms with E-state index in [1.165, 1.54) is 18.2 Å². The highest BCUT2D eigenvalue weighted by Gasteiger charge is 2.26. The number of hydrogen-bond donors (Lipinski definition) is 3. The molecule has 9 nitrogen and oxygen atoms in total. The van der Waals surface area contributed by atoms with Crippen LogP contribution in [0.3, 0.4) is 0 Å². The van der Waals surface area contributed by atoms with E-state index < -0.39 is 41.5 Å². The molecule has 0 heterocycles. The summed E-state index contributed by atoms with van der Waals surface area (Å²) in [6, 6.07) is 4.94. The zero-order valence-corrected chi connectivity index (χ0v) is 13.2. The average molecular weight is 359 g/mol. The summed E-state index contributed by atoms with van der Waals surface area (Å²) < 4.78 is 78.7. The van der Waals surface area contributed by atoms with Gasteiger partial charge in [-0.25, -0.2) is 8.42 Å². The molecule has 0 aromatic heterocycles. The van der Waals surface area contributed by atoms with Crippen LogP contribution in [0, 0.1) is 0 Å². The Bertz CT molecular complexity index is 773. The second-order valence-corrected chi connectivity index (χ2v) is 7.74. The van der Waals surface area contributed by atoms with Gasteiger partial charge in [-0.05, 0) is 18.6 Å². The van der Waals surface area contributed by atoms with Gasteiger partial charge in [0.25, 0.3) is 0 Å². The van der Waals surface area contributed by atoms with Crippen molar-refractivity contribution < 1.29 is 33.4 Å². The van der Waals surface area contributed by atoms with Crippen LogP contribution in [0.15, 0.2) is 29.2 Å². The molecular weight excluding hydrogens is 346 g/mol. The Morgan fingerprint density at radius 1 is 1.24 bits per heavy atom. The number of para-hydroxylation sites is 1. The molecule has 0 bridgehead atoms. The first kappa shape index (κ1) is 17.8. The van der Waals surface area contributed by atoms with Crippen LogP contribution in [0.4, 0.5) is 5.69 Å². The molecule has 1 unspecified atom stereocenters. The molecule has 0 fully saturated rings.